The van der Waals surface area contributed by atoms with Gasteiger partial charge in [-0.05, 0) is 41.5 Å². The Kier molecular flexibility index (Phi) is 5.44. The molecule has 0 fully saturated rings. The minimum absolute atomic E-state index is 0.00238. The predicted octanol–water partition coefficient (Wildman–Crippen LogP) is 6.47. The summed E-state index contributed by atoms with van der Waals surface area (Å²) in [6.07, 6.45) is 7.95. The zero-order valence-electron chi connectivity index (χ0n) is 19.7. The molecule has 1 N–H and O–H groups in total. The maximum Gasteiger partial charge on any atom is 0.270 e. The molecule has 1 atom stereocenters. The number of anilines is 1. The van der Waals surface area contributed by atoms with E-state index in [-0.39, 0.29) is 16.9 Å². The highest BCUT2D eigenvalue weighted by atomic mass is 16.6. The van der Waals surface area contributed by atoms with E-state index < -0.39 is 10.6 Å². The second-order valence-corrected chi connectivity index (χ2v) is 9.36. The lowest BCUT2D eigenvalue weighted by atomic mass is 9.74. The highest BCUT2D eigenvalue weighted by molar-refractivity contribution is 5.70. The van der Waals surface area contributed by atoms with Crippen molar-refractivity contribution in [1.82, 2.24) is 4.57 Å². The molecular formula is C29H27N3O3. The molecule has 1 aliphatic heterocycles. The van der Waals surface area contributed by atoms with E-state index in [1.54, 1.807) is 6.08 Å². The van der Waals surface area contributed by atoms with Gasteiger partial charge in [-0.3, -0.25) is 10.1 Å². The molecule has 0 radical (unpaired) electrons. The summed E-state index contributed by atoms with van der Waals surface area (Å²) >= 11 is 0. The highest BCUT2D eigenvalue weighted by Gasteiger charge is 2.56. The van der Waals surface area contributed by atoms with Crippen molar-refractivity contribution in [2.75, 3.05) is 4.90 Å². The van der Waals surface area contributed by atoms with Crippen LogP contribution in [0.4, 0.5) is 11.4 Å². The van der Waals surface area contributed by atoms with Crippen molar-refractivity contribution in [2.24, 2.45) is 0 Å². The van der Waals surface area contributed by atoms with Crippen LogP contribution in [0.2, 0.25) is 0 Å². The average Bonchev–Trinajstić information content (AvgIpc) is 3.45. The topological polar surface area (TPSA) is 71.5 Å². The van der Waals surface area contributed by atoms with Crippen LogP contribution in [0.5, 0.6) is 5.75 Å². The fourth-order valence-corrected chi connectivity index (χ4v) is 5.33. The first-order valence-electron chi connectivity index (χ1n) is 11.6. The van der Waals surface area contributed by atoms with Crippen LogP contribution in [0.25, 0.3) is 6.08 Å². The molecule has 4 aromatic rings. The van der Waals surface area contributed by atoms with E-state index in [9.17, 15) is 15.2 Å². The number of para-hydroxylation sites is 1. The van der Waals surface area contributed by atoms with Gasteiger partial charge in [0.05, 0.1) is 4.92 Å². The summed E-state index contributed by atoms with van der Waals surface area (Å²) in [5, 5.41) is 21.9. The lowest BCUT2D eigenvalue weighted by molar-refractivity contribution is -0.384. The van der Waals surface area contributed by atoms with Crippen LogP contribution >= 0.6 is 0 Å². The van der Waals surface area contributed by atoms with E-state index in [2.05, 4.69) is 65.8 Å². The SMILES string of the molecule is CC1(C)c2ccccc2N(Cc2ccccc2)C1(/C=C/c1cc([N+](=O)[O-])ccc1O)n1cccc1. The van der Waals surface area contributed by atoms with E-state index in [1.165, 1.54) is 29.3 Å². The lowest BCUT2D eigenvalue weighted by Gasteiger charge is -2.47. The molecule has 6 heteroatoms. The van der Waals surface area contributed by atoms with Gasteiger partial charge in [-0.25, -0.2) is 0 Å². The molecule has 0 spiro atoms. The molecule has 0 aliphatic carbocycles. The lowest BCUT2D eigenvalue weighted by Crippen LogP contribution is -2.55. The van der Waals surface area contributed by atoms with Crippen LogP contribution in [0, 0.1) is 10.1 Å². The van der Waals surface area contributed by atoms with Gasteiger partial charge in [0.25, 0.3) is 5.69 Å². The second kappa shape index (κ2) is 8.47. The van der Waals surface area contributed by atoms with Gasteiger partial charge in [-0.2, -0.15) is 0 Å². The Morgan fingerprint density at radius 1 is 0.943 bits per heavy atom. The van der Waals surface area contributed by atoms with Gasteiger partial charge in [0, 0.05) is 47.7 Å². The number of fused-ring (bicyclic) bond motifs is 1. The van der Waals surface area contributed by atoms with Crippen molar-refractivity contribution in [3.63, 3.8) is 0 Å². The number of hydrogen-bond acceptors (Lipinski definition) is 4. The first-order valence-corrected chi connectivity index (χ1v) is 11.6. The number of phenolic OH excluding ortho intramolecular Hbond substituents is 1. The summed E-state index contributed by atoms with van der Waals surface area (Å²) < 4.78 is 2.18. The van der Waals surface area contributed by atoms with Gasteiger partial charge in [-0.15, -0.1) is 0 Å². The van der Waals surface area contributed by atoms with Crippen LogP contribution in [-0.4, -0.2) is 14.6 Å². The van der Waals surface area contributed by atoms with Crippen LogP contribution < -0.4 is 4.90 Å². The van der Waals surface area contributed by atoms with Crippen molar-refractivity contribution in [1.29, 1.82) is 0 Å². The van der Waals surface area contributed by atoms with Crippen molar-refractivity contribution >= 4 is 17.5 Å². The minimum atomic E-state index is -0.687. The minimum Gasteiger partial charge on any atom is -0.507 e. The summed E-state index contributed by atoms with van der Waals surface area (Å²) in [5.74, 6) is -0.00238. The number of aromatic hydroxyl groups is 1. The maximum atomic E-state index is 11.4. The molecule has 2 heterocycles. The summed E-state index contributed by atoms with van der Waals surface area (Å²) in [6, 6.07) is 26.8. The van der Waals surface area contributed by atoms with Crippen LogP contribution in [0.1, 0.15) is 30.5 Å². The van der Waals surface area contributed by atoms with Crippen LogP contribution in [0.15, 0.2) is 103 Å². The molecule has 1 unspecified atom stereocenters. The number of benzene rings is 3. The number of hydrogen-bond donors (Lipinski definition) is 1. The fraction of sp³-hybridized carbons (Fsp3) is 0.172. The quantitative estimate of drug-likeness (QED) is 0.262. The van der Waals surface area contributed by atoms with Crippen molar-refractivity contribution in [3.8, 4) is 5.75 Å². The number of non-ortho nitro benzene ring substituents is 1. The molecule has 3 aromatic carbocycles. The number of nitro groups is 1. The number of nitrogens with zero attached hydrogens (tertiary/aromatic N) is 3. The van der Waals surface area contributed by atoms with Crippen LogP contribution in [0.3, 0.4) is 0 Å². The fourth-order valence-electron chi connectivity index (χ4n) is 5.33. The molecule has 6 nitrogen and oxygen atoms in total. The van der Waals surface area contributed by atoms with E-state index in [0.29, 0.717) is 12.1 Å². The molecule has 176 valence electrons. The molecule has 35 heavy (non-hydrogen) atoms. The molecule has 1 aromatic heterocycles. The number of aromatic nitrogens is 1. The number of phenols is 1. The molecule has 0 amide bonds. The third kappa shape index (κ3) is 3.58. The van der Waals surface area contributed by atoms with Gasteiger partial charge < -0.3 is 14.6 Å². The van der Waals surface area contributed by atoms with Crippen molar-refractivity contribution in [2.45, 2.75) is 31.5 Å². The van der Waals surface area contributed by atoms with Crippen LogP contribution in [-0.2, 0) is 17.6 Å². The van der Waals surface area contributed by atoms with Gasteiger partial charge in [-0.1, -0.05) is 68.5 Å². The van der Waals surface area contributed by atoms with E-state index in [0.717, 1.165) is 5.69 Å². The normalized spacial score (nSPS) is 18.6. The third-order valence-corrected chi connectivity index (χ3v) is 7.10. The third-order valence-electron chi connectivity index (χ3n) is 7.10. The molecule has 1 aliphatic rings. The summed E-state index contributed by atoms with van der Waals surface area (Å²) in [6.45, 7) is 5.09. The molecular weight excluding hydrogens is 438 g/mol. The Morgan fingerprint density at radius 2 is 1.63 bits per heavy atom. The van der Waals surface area contributed by atoms with Gasteiger partial charge in [0.15, 0.2) is 0 Å². The summed E-state index contributed by atoms with van der Waals surface area (Å²) in [5.41, 5.74) is 2.77. The second-order valence-electron chi connectivity index (χ2n) is 9.36. The summed E-state index contributed by atoms with van der Waals surface area (Å²) in [4.78, 5) is 13.3. The first kappa shape index (κ1) is 22.5. The molecule has 0 saturated carbocycles. The molecule has 5 rings (SSSR count). The van der Waals surface area contributed by atoms with Gasteiger partial charge in [0.2, 0.25) is 0 Å². The smallest absolute Gasteiger partial charge is 0.270 e. The van der Waals surface area contributed by atoms with Gasteiger partial charge >= 0.3 is 0 Å². The Labute approximate surface area is 204 Å². The Bertz CT molecular complexity index is 1390. The first-order chi connectivity index (χ1) is 16.8. The maximum absolute atomic E-state index is 11.4. The van der Waals surface area contributed by atoms with Gasteiger partial charge in [0.1, 0.15) is 11.4 Å². The van der Waals surface area contributed by atoms with E-state index in [4.69, 9.17) is 0 Å². The number of nitro benzene ring substituents is 1. The zero-order chi connectivity index (χ0) is 24.6. The van der Waals surface area contributed by atoms with Crippen molar-refractivity contribution < 1.29 is 10.0 Å². The predicted molar refractivity (Wildman–Crippen MR) is 138 cm³/mol. The Balaban J connectivity index is 1.74. The van der Waals surface area contributed by atoms with Crippen molar-refractivity contribution in [3.05, 3.63) is 130 Å². The Morgan fingerprint density at radius 3 is 2.34 bits per heavy atom. The van der Waals surface area contributed by atoms with E-state index in [1.807, 2.05) is 42.7 Å². The average molecular weight is 466 g/mol. The monoisotopic (exact) mass is 465 g/mol. The molecule has 0 saturated heterocycles. The van der Waals surface area contributed by atoms with E-state index >= 15 is 0 Å². The molecule has 0 bridgehead atoms. The zero-order valence-corrected chi connectivity index (χ0v) is 19.7. The highest BCUT2D eigenvalue weighted by Crippen LogP contribution is 2.56. The standard InChI is InChI=1S/C29H27N3O3/c1-28(2)25-12-6-7-13-26(25)31(21-22-10-4-3-5-11-22)29(28,30-18-8-9-19-30)17-16-23-20-24(32(34)35)14-15-27(23)33/h3-20,33H,21H2,1-2H3/b17-16+. The number of rotatable bonds is 6. The Hall–Kier alpha value is -4.32. The summed E-state index contributed by atoms with van der Waals surface area (Å²) in [7, 11) is 0. The largest absolute Gasteiger partial charge is 0.507 e.